The van der Waals surface area contributed by atoms with Gasteiger partial charge in [-0.25, -0.2) is 9.59 Å². The van der Waals surface area contributed by atoms with Gasteiger partial charge in [0.1, 0.15) is 12.1 Å². The Morgan fingerprint density at radius 2 is 1.65 bits per heavy atom. The zero-order chi connectivity index (χ0) is 23.7. The van der Waals surface area contributed by atoms with E-state index in [1.807, 2.05) is 24.3 Å². The summed E-state index contributed by atoms with van der Waals surface area (Å²) in [5.41, 5.74) is 4.15. The minimum absolute atomic E-state index is 0.0349. The zero-order valence-corrected chi connectivity index (χ0v) is 18.3. The standard InChI is InChI=1S/C26H23N3O5/c30-23(29-26(10-11-26)24(31)32)16-9-12-27-17(13-16)14-28-25(33)34-15-22-20-7-3-1-5-18(20)19-6-2-4-8-21(19)22/h1-9,12-13,22H,10-11,14-15H2,(H,28,33)(H,29,30)(H,31,32). The van der Waals surface area contributed by atoms with Gasteiger partial charge in [0.15, 0.2) is 0 Å². The van der Waals surface area contributed by atoms with Gasteiger partial charge in [-0.05, 0) is 47.2 Å². The van der Waals surface area contributed by atoms with Crippen LogP contribution in [0.25, 0.3) is 11.1 Å². The second-order valence-electron chi connectivity index (χ2n) is 8.56. The quantitative estimate of drug-likeness (QED) is 0.500. The van der Waals surface area contributed by atoms with E-state index in [1.54, 1.807) is 0 Å². The molecule has 0 spiro atoms. The van der Waals surface area contributed by atoms with E-state index in [4.69, 9.17) is 4.74 Å². The predicted octanol–water partition coefficient (Wildman–Crippen LogP) is 3.47. The van der Waals surface area contributed by atoms with Gasteiger partial charge in [0.05, 0.1) is 12.2 Å². The summed E-state index contributed by atoms with van der Waals surface area (Å²) < 4.78 is 5.52. The van der Waals surface area contributed by atoms with E-state index in [9.17, 15) is 19.5 Å². The average molecular weight is 457 g/mol. The Morgan fingerprint density at radius 1 is 1.00 bits per heavy atom. The van der Waals surface area contributed by atoms with Crippen LogP contribution in [0.4, 0.5) is 4.79 Å². The number of ether oxygens (including phenoxy) is 1. The number of rotatable bonds is 7. The van der Waals surface area contributed by atoms with Crippen molar-refractivity contribution in [3.8, 4) is 11.1 Å². The van der Waals surface area contributed by atoms with Gasteiger partial charge in [-0.15, -0.1) is 0 Å². The van der Waals surface area contributed by atoms with E-state index in [0.29, 0.717) is 18.5 Å². The first-order chi connectivity index (χ1) is 16.5. The van der Waals surface area contributed by atoms with Gasteiger partial charge in [-0.1, -0.05) is 48.5 Å². The SMILES string of the molecule is O=C(NCc1cc(C(=O)NC2(C(=O)O)CC2)ccn1)OCC1c2ccccc2-c2ccccc21. The molecule has 2 aliphatic carbocycles. The lowest BCUT2D eigenvalue weighted by Crippen LogP contribution is -2.43. The van der Waals surface area contributed by atoms with Crippen molar-refractivity contribution in [2.24, 2.45) is 0 Å². The summed E-state index contributed by atoms with van der Waals surface area (Å²) in [5.74, 6) is -1.55. The highest BCUT2D eigenvalue weighted by molar-refractivity contribution is 5.99. The van der Waals surface area contributed by atoms with Gasteiger partial charge in [-0.2, -0.15) is 0 Å². The number of benzene rings is 2. The third-order valence-electron chi connectivity index (χ3n) is 6.35. The molecule has 5 rings (SSSR count). The second-order valence-corrected chi connectivity index (χ2v) is 8.56. The monoisotopic (exact) mass is 457 g/mol. The molecular formula is C26H23N3O5. The molecule has 0 atom stereocenters. The molecule has 2 aliphatic rings. The summed E-state index contributed by atoms with van der Waals surface area (Å²) >= 11 is 0. The Bertz CT molecular complexity index is 1240. The topological polar surface area (TPSA) is 118 Å². The summed E-state index contributed by atoms with van der Waals surface area (Å²) in [4.78, 5) is 40.3. The van der Waals surface area contributed by atoms with Gasteiger partial charge in [0.25, 0.3) is 5.91 Å². The fourth-order valence-electron chi connectivity index (χ4n) is 4.34. The van der Waals surface area contributed by atoms with E-state index in [2.05, 4.69) is 39.9 Å². The molecule has 2 amide bonds. The van der Waals surface area contributed by atoms with E-state index >= 15 is 0 Å². The number of carboxylic acid groups (broad SMARTS) is 1. The van der Waals surface area contributed by atoms with Gasteiger partial charge in [-0.3, -0.25) is 9.78 Å². The summed E-state index contributed by atoms with van der Waals surface area (Å²) in [7, 11) is 0. The van der Waals surface area contributed by atoms with E-state index in [-0.39, 0.29) is 24.6 Å². The summed E-state index contributed by atoms with van der Waals surface area (Å²) in [6.45, 7) is 0.273. The summed E-state index contributed by atoms with van der Waals surface area (Å²) in [5, 5.41) is 14.5. The molecule has 0 unspecified atom stereocenters. The molecule has 1 fully saturated rings. The maximum atomic E-state index is 12.4. The molecule has 172 valence electrons. The molecule has 3 aromatic rings. The number of aliphatic carboxylic acids is 1. The minimum atomic E-state index is -1.17. The number of nitrogens with one attached hydrogen (secondary N) is 2. The van der Waals surface area contributed by atoms with Crippen molar-refractivity contribution in [3.63, 3.8) is 0 Å². The zero-order valence-electron chi connectivity index (χ0n) is 18.3. The summed E-state index contributed by atoms with van der Waals surface area (Å²) in [6.07, 6.45) is 1.69. The molecule has 0 bridgehead atoms. The number of hydrogen-bond acceptors (Lipinski definition) is 5. The van der Waals surface area contributed by atoms with Crippen molar-refractivity contribution in [2.75, 3.05) is 6.61 Å². The Balaban J connectivity index is 1.18. The molecule has 1 saturated carbocycles. The average Bonchev–Trinajstić information content (AvgIpc) is 3.57. The Hall–Kier alpha value is -4.20. The smallest absolute Gasteiger partial charge is 0.407 e. The number of fused-ring (bicyclic) bond motifs is 3. The first-order valence-electron chi connectivity index (χ1n) is 11.1. The molecule has 34 heavy (non-hydrogen) atoms. The summed E-state index contributed by atoms with van der Waals surface area (Å²) in [6, 6.07) is 19.2. The largest absolute Gasteiger partial charge is 0.480 e. The Morgan fingerprint density at radius 3 is 2.26 bits per heavy atom. The molecule has 8 nitrogen and oxygen atoms in total. The number of carbonyl (C=O) groups is 3. The molecule has 2 aromatic carbocycles. The van der Waals surface area contributed by atoms with Crippen LogP contribution in [-0.2, 0) is 16.1 Å². The Kier molecular flexibility index (Phi) is 5.49. The molecule has 0 saturated heterocycles. The van der Waals surface area contributed by atoms with Crippen molar-refractivity contribution in [1.82, 2.24) is 15.6 Å². The van der Waals surface area contributed by atoms with Gasteiger partial charge in [0, 0.05) is 17.7 Å². The molecule has 3 N–H and O–H groups in total. The number of nitrogens with zero attached hydrogens (tertiary/aromatic N) is 1. The van der Waals surface area contributed by atoms with Crippen molar-refractivity contribution in [3.05, 3.63) is 89.2 Å². The maximum absolute atomic E-state index is 12.4. The predicted molar refractivity (Wildman–Crippen MR) is 123 cm³/mol. The van der Waals surface area contributed by atoms with E-state index < -0.39 is 23.5 Å². The second kappa shape index (κ2) is 8.62. The maximum Gasteiger partial charge on any atom is 0.407 e. The number of carbonyl (C=O) groups excluding carboxylic acids is 2. The molecule has 1 heterocycles. The van der Waals surface area contributed by atoms with Crippen LogP contribution in [0.1, 0.15) is 45.9 Å². The van der Waals surface area contributed by atoms with Crippen LogP contribution in [0.15, 0.2) is 66.9 Å². The Labute approximate surface area is 196 Å². The lowest BCUT2D eigenvalue weighted by molar-refractivity contribution is -0.140. The van der Waals surface area contributed by atoms with Crippen molar-refractivity contribution >= 4 is 18.0 Å². The van der Waals surface area contributed by atoms with Crippen molar-refractivity contribution < 1.29 is 24.2 Å². The third-order valence-corrected chi connectivity index (χ3v) is 6.35. The fourth-order valence-corrected chi connectivity index (χ4v) is 4.34. The van der Waals surface area contributed by atoms with Crippen LogP contribution in [0.2, 0.25) is 0 Å². The van der Waals surface area contributed by atoms with Crippen LogP contribution < -0.4 is 10.6 Å². The minimum Gasteiger partial charge on any atom is -0.480 e. The fraction of sp³-hybridized carbons (Fsp3) is 0.231. The number of alkyl carbamates (subject to hydrolysis) is 1. The first kappa shape index (κ1) is 21.6. The van der Waals surface area contributed by atoms with Gasteiger partial charge in [0.2, 0.25) is 0 Å². The highest BCUT2D eigenvalue weighted by atomic mass is 16.5. The molecule has 8 heteroatoms. The highest BCUT2D eigenvalue weighted by Crippen LogP contribution is 2.44. The van der Waals surface area contributed by atoms with Gasteiger partial charge >= 0.3 is 12.1 Å². The van der Waals surface area contributed by atoms with E-state index in [1.165, 1.54) is 18.3 Å². The molecule has 0 aliphatic heterocycles. The number of amides is 2. The van der Waals surface area contributed by atoms with Crippen LogP contribution in [0, 0.1) is 0 Å². The van der Waals surface area contributed by atoms with E-state index in [0.717, 1.165) is 22.3 Å². The van der Waals surface area contributed by atoms with Crippen LogP contribution in [-0.4, -0.2) is 40.2 Å². The number of pyridine rings is 1. The van der Waals surface area contributed by atoms with Crippen LogP contribution in [0.5, 0.6) is 0 Å². The molecular weight excluding hydrogens is 434 g/mol. The van der Waals surface area contributed by atoms with Crippen LogP contribution >= 0.6 is 0 Å². The number of carboxylic acids is 1. The lowest BCUT2D eigenvalue weighted by Gasteiger charge is -2.15. The highest BCUT2D eigenvalue weighted by Gasteiger charge is 2.51. The van der Waals surface area contributed by atoms with Crippen LogP contribution in [0.3, 0.4) is 0 Å². The third kappa shape index (κ3) is 4.10. The van der Waals surface area contributed by atoms with Crippen molar-refractivity contribution in [2.45, 2.75) is 30.8 Å². The normalized spacial score (nSPS) is 15.1. The molecule has 1 aromatic heterocycles. The van der Waals surface area contributed by atoms with Gasteiger partial charge < -0.3 is 20.5 Å². The lowest BCUT2D eigenvalue weighted by atomic mass is 9.98. The van der Waals surface area contributed by atoms with Crippen molar-refractivity contribution in [1.29, 1.82) is 0 Å². The number of hydrogen-bond donors (Lipinski definition) is 3. The first-order valence-corrected chi connectivity index (χ1v) is 11.1. The number of aromatic nitrogens is 1. The molecule has 0 radical (unpaired) electrons.